The number of rotatable bonds is 2. The van der Waals surface area contributed by atoms with Gasteiger partial charge in [-0.25, -0.2) is 0 Å². The predicted octanol–water partition coefficient (Wildman–Crippen LogP) is 3.07. The van der Waals surface area contributed by atoms with Gasteiger partial charge < -0.3 is 11.1 Å². The summed E-state index contributed by atoms with van der Waals surface area (Å²) >= 11 is 0. The number of amides is 1. The van der Waals surface area contributed by atoms with E-state index in [1.54, 1.807) is 30.6 Å². The van der Waals surface area contributed by atoms with Gasteiger partial charge in [-0.15, -0.1) is 0 Å². The van der Waals surface area contributed by atoms with Gasteiger partial charge in [0.2, 0.25) is 0 Å². The minimum Gasteiger partial charge on any atom is -0.398 e. The van der Waals surface area contributed by atoms with Gasteiger partial charge in [0, 0.05) is 23.8 Å². The Bertz CT molecular complexity index is 769. The van der Waals surface area contributed by atoms with Crippen LogP contribution >= 0.6 is 0 Å². The lowest BCUT2D eigenvalue weighted by atomic mass is 10.0. The first-order valence-corrected chi connectivity index (χ1v) is 6.24. The van der Waals surface area contributed by atoms with Crippen molar-refractivity contribution in [2.45, 2.75) is 0 Å². The summed E-state index contributed by atoms with van der Waals surface area (Å²) in [4.78, 5) is 16.2. The predicted molar refractivity (Wildman–Crippen MR) is 80.6 cm³/mol. The number of benzene rings is 2. The van der Waals surface area contributed by atoms with Crippen molar-refractivity contribution in [1.82, 2.24) is 4.98 Å². The summed E-state index contributed by atoms with van der Waals surface area (Å²) in [6.07, 6.45) is 3.25. The molecule has 3 aromatic rings. The molecular formula is C16H13N3O. The van der Waals surface area contributed by atoms with Crippen LogP contribution in [-0.4, -0.2) is 10.9 Å². The monoisotopic (exact) mass is 263 g/mol. The third kappa shape index (κ3) is 2.31. The van der Waals surface area contributed by atoms with Crippen LogP contribution in [0.1, 0.15) is 10.4 Å². The maximum absolute atomic E-state index is 12.3. The van der Waals surface area contributed by atoms with Gasteiger partial charge in [-0.1, -0.05) is 24.3 Å². The van der Waals surface area contributed by atoms with Crippen LogP contribution in [0.15, 0.2) is 60.9 Å². The molecule has 0 bridgehead atoms. The summed E-state index contributed by atoms with van der Waals surface area (Å²) in [5.74, 6) is -0.223. The van der Waals surface area contributed by atoms with Crippen molar-refractivity contribution in [2.24, 2.45) is 0 Å². The van der Waals surface area contributed by atoms with E-state index in [2.05, 4.69) is 10.3 Å². The van der Waals surface area contributed by atoms with E-state index in [-0.39, 0.29) is 5.91 Å². The highest BCUT2D eigenvalue weighted by atomic mass is 16.1. The first-order valence-electron chi connectivity index (χ1n) is 6.24. The number of carbonyl (C=O) groups excluding carboxylic acids is 1. The van der Waals surface area contributed by atoms with Crippen LogP contribution in [0.4, 0.5) is 11.4 Å². The highest BCUT2D eigenvalue weighted by Crippen LogP contribution is 2.22. The fourth-order valence-corrected chi connectivity index (χ4v) is 2.09. The van der Waals surface area contributed by atoms with Gasteiger partial charge in [0.1, 0.15) is 0 Å². The minimum absolute atomic E-state index is 0.223. The zero-order valence-corrected chi connectivity index (χ0v) is 10.7. The van der Waals surface area contributed by atoms with Gasteiger partial charge in [0.15, 0.2) is 0 Å². The van der Waals surface area contributed by atoms with Crippen LogP contribution in [0.5, 0.6) is 0 Å². The van der Waals surface area contributed by atoms with Crippen molar-refractivity contribution in [3.63, 3.8) is 0 Å². The van der Waals surface area contributed by atoms with Gasteiger partial charge in [-0.3, -0.25) is 9.78 Å². The molecule has 0 fully saturated rings. The fraction of sp³-hybridized carbons (Fsp3) is 0. The topological polar surface area (TPSA) is 68.0 Å². The highest BCUT2D eigenvalue weighted by Gasteiger charge is 2.11. The van der Waals surface area contributed by atoms with Crippen molar-refractivity contribution < 1.29 is 4.79 Å². The first kappa shape index (κ1) is 12.2. The van der Waals surface area contributed by atoms with E-state index in [0.717, 1.165) is 10.8 Å². The maximum atomic E-state index is 12.3. The van der Waals surface area contributed by atoms with Crippen LogP contribution in [0.3, 0.4) is 0 Å². The summed E-state index contributed by atoms with van der Waals surface area (Å²) < 4.78 is 0. The lowest BCUT2D eigenvalue weighted by Crippen LogP contribution is -2.14. The molecule has 0 spiro atoms. The second-order valence-electron chi connectivity index (χ2n) is 4.48. The molecule has 0 saturated heterocycles. The Balaban J connectivity index is 1.97. The molecule has 1 aromatic heterocycles. The molecule has 3 N–H and O–H groups in total. The molecule has 1 amide bonds. The van der Waals surface area contributed by atoms with E-state index in [4.69, 9.17) is 5.73 Å². The van der Waals surface area contributed by atoms with Gasteiger partial charge in [0.25, 0.3) is 5.91 Å². The third-order valence-corrected chi connectivity index (χ3v) is 3.10. The standard InChI is InChI=1S/C16H13N3O/c17-15-10-12-4-2-1-3-11(12)9-14(15)16(20)19-13-5-7-18-8-6-13/h1-10H,17H2,(H,18,19,20). The van der Waals surface area contributed by atoms with E-state index in [0.29, 0.717) is 16.9 Å². The molecule has 0 aliphatic carbocycles. The quantitative estimate of drug-likeness (QED) is 0.698. The Morgan fingerprint density at radius 2 is 1.65 bits per heavy atom. The number of nitrogen functional groups attached to an aromatic ring is 1. The average molecular weight is 263 g/mol. The van der Waals surface area contributed by atoms with E-state index < -0.39 is 0 Å². The zero-order valence-electron chi connectivity index (χ0n) is 10.7. The molecule has 0 saturated carbocycles. The Labute approximate surface area is 116 Å². The lowest BCUT2D eigenvalue weighted by Gasteiger charge is -2.09. The number of fused-ring (bicyclic) bond motifs is 1. The number of hydrogen-bond donors (Lipinski definition) is 2. The molecule has 20 heavy (non-hydrogen) atoms. The van der Waals surface area contributed by atoms with Crippen LogP contribution < -0.4 is 11.1 Å². The molecule has 0 atom stereocenters. The normalized spacial score (nSPS) is 10.4. The SMILES string of the molecule is Nc1cc2ccccc2cc1C(=O)Nc1ccncc1. The first-order chi connectivity index (χ1) is 9.74. The van der Waals surface area contributed by atoms with E-state index in [1.807, 2.05) is 30.3 Å². The van der Waals surface area contributed by atoms with E-state index >= 15 is 0 Å². The van der Waals surface area contributed by atoms with Gasteiger partial charge in [-0.05, 0) is 35.0 Å². The van der Waals surface area contributed by atoms with Crippen LogP contribution in [0.2, 0.25) is 0 Å². The van der Waals surface area contributed by atoms with Gasteiger partial charge in [0.05, 0.1) is 5.56 Å². The van der Waals surface area contributed by atoms with Gasteiger partial charge >= 0.3 is 0 Å². The Morgan fingerprint density at radius 1 is 1.00 bits per heavy atom. The number of aromatic nitrogens is 1. The number of hydrogen-bond acceptors (Lipinski definition) is 3. The average Bonchev–Trinajstić information content (AvgIpc) is 2.47. The minimum atomic E-state index is -0.223. The molecule has 4 heteroatoms. The summed E-state index contributed by atoms with van der Waals surface area (Å²) in [6, 6.07) is 14.9. The summed E-state index contributed by atoms with van der Waals surface area (Å²) in [5.41, 5.74) is 7.60. The molecule has 3 rings (SSSR count). The van der Waals surface area contributed by atoms with Crippen LogP contribution in [-0.2, 0) is 0 Å². The van der Waals surface area contributed by atoms with Crippen molar-refractivity contribution >= 4 is 28.1 Å². The number of nitrogens with one attached hydrogen (secondary N) is 1. The molecule has 0 aliphatic heterocycles. The number of nitrogens with zero attached hydrogens (tertiary/aromatic N) is 1. The van der Waals surface area contributed by atoms with E-state index in [9.17, 15) is 4.79 Å². The molecule has 0 unspecified atom stereocenters. The van der Waals surface area contributed by atoms with Crippen molar-refractivity contribution in [2.75, 3.05) is 11.1 Å². The van der Waals surface area contributed by atoms with Gasteiger partial charge in [-0.2, -0.15) is 0 Å². The summed E-state index contributed by atoms with van der Waals surface area (Å²) in [5, 5.41) is 4.81. The van der Waals surface area contributed by atoms with Crippen molar-refractivity contribution in [3.8, 4) is 0 Å². The zero-order chi connectivity index (χ0) is 13.9. The van der Waals surface area contributed by atoms with E-state index in [1.165, 1.54) is 0 Å². The van der Waals surface area contributed by atoms with Crippen LogP contribution in [0, 0.1) is 0 Å². The number of nitrogens with two attached hydrogens (primary N) is 1. The van der Waals surface area contributed by atoms with Crippen LogP contribution in [0.25, 0.3) is 10.8 Å². The number of pyridine rings is 1. The molecule has 0 aliphatic rings. The fourth-order valence-electron chi connectivity index (χ4n) is 2.09. The molecule has 0 radical (unpaired) electrons. The van der Waals surface area contributed by atoms with Crippen molar-refractivity contribution in [1.29, 1.82) is 0 Å². The number of anilines is 2. The Morgan fingerprint density at radius 3 is 2.35 bits per heavy atom. The van der Waals surface area contributed by atoms with Crippen molar-refractivity contribution in [3.05, 3.63) is 66.5 Å². The Kier molecular flexibility index (Phi) is 3.05. The molecule has 1 heterocycles. The number of carbonyl (C=O) groups is 1. The molecule has 2 aromatic carbocycles. The molecule has 4 nitrogen and oxygen atoms in total. The molecule has 98 valence electrons. The maximum Gasteiger partial charge on any atom is 0.257 e. The Hall–Kier alpha value is -2.88. The largest absolute Gasteiger partial charge is 0.398 e. The third-order valence-electron chi connectivity index (χ3n) is 3.10. The highest BCUT2D eigenvalue weighted by molar-refractivity contribution is 6.10. The smallest absolute Gasteiger partial charge is 0.257 e. The molecular weight excluding hydrogens is 250 g/mol. The summed E-state index contributed by atoms with van der Waals surface area (Å²) in [7, 11) is 0. The summed E-state index contributed by atoms with van der Waals surface area (Å²) in [6.45, 7) is 0. The second-order valence-corrected chi connectivity index (χ2v) is 4.48. The lowest BCUT2D eigenvalue weighted by molar-refractivity contribution is 0.102. The second kappa shape index (κ2) is 5.01.